The van der Waals surface area contributed by atoms with Crippen molar-refractivity contribution in [2.45, 2.75) is 13.5 Å². The monoisotopic (exact) mass is 328 g/mol. The average Bonchev–Trinajstić information content (AvgIpc) is 2.59. The van der Waals surface area contributed by atoms with Gasteiger partial charge in [-0.1, -0.05) is 18.2 Å². The Balaban J connectivity index is 2.13. The fourth-order valence-corrected chi connectivity index (χ4v) is 2.26. The van der Waals surface area contributed by atoms with Gasteiger partial charge in [-0.25, -0.2) is 0 Å². The minimum absolute atomic E-state index is 0.236. The lowest BCUT2D eigenvalue weighted by Gasteiger charge is -2.12. The van der Waals surface area contributed by atoms with Crippen molar-refractivity contribution >= 4 is 17.5 Å². The molecular weight excluding hydrogens is 308 g/mol. The van der Waals surface area contributed by atoms with Crippen LogP contribution < -0.4 is 20.1 Å². The summed E-state index contributed by atoms with van der Waals surface area (Å²) in [5, 5.41) is 5.48. The highest BCUT2D eigenvalue weighted by Crippen LogP contribution is 2.25. The summed E-state index contributed by atoms with van der Waals surface area (Å²) in [5.74, 6) is 0.716. The lowest BCUT2D eigenvalue weighted by Crippen LogP contribution is -2.23. The van der Waals surface area contributed by atoms with Gasteiger partial charge in [0, 0.05) is 24.6 Å². The Kier molecular flexibility index (Phi) is 5.78. The minimum Gasteiger partial charge on any atom is -0.496 e. The summed E-state index contributed by atoms with van der Waals surface area (Å²) in [5.41, 5.74) is 1.76. The highest BCUT2D eigenvalue weighted by atomic mass is 16.5. The summed E-state index contributed by atoms with van der Waals surface area (Å²) in [4.78, 5) is 23.6. The lowest BCUT2D eigenvalue weighted by molar-refractivity contribution is -0.114. The molecule has 0 aromatic heterocycles. The minimum atomic E-state index is -0.254. The Labute approximate surface area is 140 Å². The third-order valence-corrected chi connectivity index (χ3v) is 3.40. The van der Waals surface area contributed by atoms with E-state index < -0.39 is 0 Å². The largest absolute Gasteiger partial charge is 0.496 e. The summed E-state index contributed by atoms with van der Waals surface area (Å²) in [6.45, 7) is 1.73. The summed E-state index contributed by atoms with van der Waals surface area (Å²) >= 11 is 0. The fourth-order valence-electron chi connectivity index (χ4n) is 2.26. The van der Waals surface area contributed by atoms with Crippen LogP contribution in [-0.2, 0) is 11.3 Å². The molecule has 2 rings (SSSR count). The van der Waals surface area contributed by atoms with E-state index >= 15 is 0 Å². The van der Waals surface area contributed by atoms with Crippen molar-refractivity contribution in [1.82, 2.24) is 5.32 Å². The van der Waals surface area contributed by atoms with Gasteiger partial charge >= 0.3 is 0 Å². The molecule has 2 aromatic rings. The molecule has 2 amide bonds. The number of amides is 2. The van der Waals surface area contributed by atoms with Crippen molar-refractivity contribution in [2.24, 2.45) is 0 Å². The van der Waals surface area contributed by atoms with Gasteiger partial charge in [0.15, 0.2) is 0 Å². The fraction of sp³-hybridized carbons (Fsp3) is 0.222. The Morgan fingerprint density at radius 3 is 2.38 bits per heavy atom. The maximum atomic E-state index is 12.3. The predicted molar refractivity (Wildman–Crippen MR) is 91.5 cm³/mol. The van der Waals surface area contributed by atoms with Crippen LogP contribution in [0.25, 0.3) is 0 Å². The highest BCUT2D eigenvalue weighted by molar-refractivity contribution is 5.97. The molecule has 0 bridgehead atoms. The number of carbonyl (C=O) groups is 2. The van der Waals surface area contributed by atoms with E-state index in [1.165, 1.54) is 14.0 Å². The highest BCUT2D eigenvalue weighted by Gasteiger charge is 2.12. The Morgan fingerprint density at radius 2 is 1.71 bits per heavy atom. The van der Waals surface area contributed by atoms with Crippen LogP contribution in [0.2, 0.25) is 0 Å². The first kappa shape index (κ1) is 17.3. The number of nitrogens with one attached hydrogen (secondary N) is 2. The number of hydrogen-bond donors (Lipinski definition) is 2. The molecule has 24 heavy (non-hydrogen) atoms. The first-order valence-electron chi connectivity index (χ1n) is 7.41. The van der Waals surface area contributed by atoms with Gasteiger partial charge in [0.05, 0.1) is 19.9 Å². The van der Waals surface area contributed by atoms with E-state index in [1.54, 1.807) is 25.3 Å². The van der Waals surface area contributed by atoms with E-state index in [1.807, 2.05) is 24.3 Å². The van der Waals surface area contributed by atoms with E-state index in [0.717, 1.165) is 5.56 Å². The summed E-state index contributed by atoms with van der Waals surface area (Å²) in [6.07, 6.45) is 0. The summed E-state index contributed by atoms with van der Waals surface area (Å²) in [7, 11) is 3.09. The Hall–Kier alpha value is -3.02. The molecule has 0 spiro atoms. The van der Waals surface area contributed by atoms with Crippen molar-refractivity contribution in [3.05, 3.63) is 53.6 Å². The molecular formula is C18H20N2O4. The molecule has 0 aliphatic rings. The van der Waals surface area contributed by atoms with Gasteiger partial charge in [-0.2, -0.15) is 0 Å². The van der Waals surface area contributed by atoms with Gasteiger partial charge in [-0.3, -0.25) is 9.59 Å². The quantitative estimate of drug-likeness (QED) is 0.854. The number of benzene rings is 2. The normalized spacial score (nSPS) is 9.96. The van der Waals surface area contributed by atoms with E-state index in [0.29, 0.717) is 29.3 Å². The summed E-state index contributed by atoms with van der Waals surface area (Å²) < 4.78 is 10.4. The molecule has 0 radical (unpaired) electrons. The molecule has 126 valence electrons. The molecule has 0 saturated heterocycles. The summed E-state index contributed by atoms with van der Waals surface area (Å²) in [6, 6.07) is 12.3. The average molecular weight is 328 g/mol. The smallest absolute Gasteiger partial charge is 0.251 e. The van der Waals surface area contributed by atoms with E-state index in [-0.39, 0.29) is 11.8 Å². The number of carbonyl (C=O) groups excluding carboxylic acids is 2. The predicted octanol–water partition coefficient (Wildman–Crippen LogP) is 2.59. The molecule has 0 unspecified atom stereocenters. The van der Waals surface area contributed by atoms with Crippen molar-refractivity contribution in [3.63, 3.8) is 0 Å². The molecule has 6 heteroatoms. The van der Waals surface area contributed by atoms with Gasteiger partial charge in [0.2, 0.25) is 5.91 Å². The maximum absolute atomic E-state index is 12.3. The number of ether oxygens (including phenoxy) is 2. The van der Waals surface area contributed by atoms with E-state index in [2.05, 4.69) is 10.6 Å². The van der Waals surface area contributed by atoms with Gasteiger partial charge in [-0.05, 0) is 24.3 Å². The first-order chi connectivity index (χ1) is 11.5. The van der Waals surface area contributed by atoms with Crippen LogP contribution in [0, 0.1) is 0 Å². The SMILES string of the molecule is COc1ccccc1CNC(=O)c1ccc(OC)c(NC(C)=O)c1. The second-order valence-corrected chi connectivity index (χ2v) is 5.09. The second kappa shape index (κ2) is 8.01. The molecule has 0 aliphatic heterocycles. The standard InChI is InChI=1S/C18H20N2O4/c1-12(21)20-15-10-13(8-9-17(15)24-3)18(22)19-11-14-6-4-5-7-16(14)23-2/h4-10H,11H2,1-3H3,(H,19,22)(H,20,21). The molecule has 0 atom stereocenters. The van der Waals surface area contributed by atoms with Crippen LogP contribution in [0.5, 0.6) is 11.5 Å². The topological polar surface area (TPSA) is 76.7 Å². The van der Waals surface area contributed by atoms with Crippen LogP contribution in [-0.4, -0.2) is 26.0 Å². The van der Waals surface area contributed by atoms with E-state index in [9.17, 15) is 9.59 Å². The molecule has 2 N–H and O–H groups in total. The number of methoxy groups -OCH3 is 2. The number of hydrogen-bond acceptors (Lipinski definition) is 4. The van der Waals surface area contributed by atoms with Crippen molar-refractivity contribution in [1.29, 1.82) is 0 Å². The third-order valence-electron chi connectivity index (χ3n) is 3.40. The molecule has 0 fully saturated rings. The van der Waals surface area contributed by atoms with Crippen LogP contribution in [0.15, 0.2) is 42.5 Å². The third kappa shape index (κ3) is 4.25. The van der Waals surface area contributed by atoms with Crippen LogP contribution in [0.3, 0.4) is 0 Å². The zero-order valence-corrected chi connectivity index (χ0v) is 13.9. The van der Waals surface area contributed by atoms with Crippen molar-refractivity contribution < 1.29 is 19.1 Å². The van der Waals surface area contributed by atoms with Crippen LogP contribution in [0.4, 0.5) is 5.69 Å². The van der Waals surface area contributed by atoms with Crippen LogP contribution >= 0.6 is 0 Å². The lowest BCUT2D eigenvalue weighted by atomic mass is 10.1. The van der Waals surface area contributed by atoms with Gasteiger partial charge in [-0.15, -0.1) is 0 Å². The zero-order chi connectivity index (χ0) is 17.5. The number of anilines is 1. The zero-order valence-electron chi connectivity index (χ0n) is 13.9. The second-order valence-electron chi connectivity index (χ2n) is 5.09. The molecule has 6 nitrogen and oxygen atoms in total. The Bertz CT molecular complexity index is 744. The molecule has 0 aliphatic carbocycles. The van der Waals surface area contributed by atoms with Gasteiger partial charge < -0.3 is 20.1 Å². The Morgan fingerprint density at radius 1 is 1.00 bits per heavy atom. The first-order valence-corrected chi connectivity index (χ1v) is 7.41. The molecule has 0 saturated carbocycles. The van der Waals surface area contributed by atoms with Crippen molar-refractivity contribution in [2.75, 3.05) is 19.5 Å². The van der Waals surface area contributed by atoms with Crippen molar-refractivity contribution in [3.8, 4) is 11.5 Å². The number of rotatable bonds is 6. The van der Waals surface area contributed by atoms with Gasteiger partial charge in [0.25, 0.3) is 5.91 Å². The molecule has 0 heterocycles. The van der Waals surface area contributed by atoms with Crippen LogP contribution in [0.1, 0.15) is 22.8 Å². The van der Waals surface area contributed by atoms with Gasteiger partial charge in [0.1, 0.15) is 11.5 Å². The van der Waals surface area contributed by atoms with E-state index in [4.69, 9.17) is 9.47 Å². The number of para-hydroxylation sites is 1. The maximum Gasteiger partial charge on any atom is 0.251 e. The molecule has 2 aromatic carbocycles.